The van der Waals surface area contributed by atoms with E-state index in [4.69, 9.17) is 4.74 Å². The van der Waals surface area contributed by atoms with E-state index in [-0.39, 0.29) is 11.6 Å². The highest BCUT2D eigenvalue weighted by Crippen LogP contribution is 2.18. The van der Waals surface area contributed by atoms with E-state index >= 15 is 0 Å². The van der Waals surface area contributed by atoms with Gasteiger partial charge in [-0.1, -0.05) is 0 Å². The first-order valence-corrected chi connectivity index (χ1v) is 5.67. The third-order valence-corrected chi connectivity index (χ3v) is 2.13. The fourth-order valence-corrected chi connectivity index (χ4v) is 1.50. The lowest BCUT2D eigenvalue weighted by Crippen LogP contribution is -2.28. The Labute approximate surface area is 107 Å². The maximum absolute atomic E-state index is 11.6. The predicted octanol–water partition coefficient (Wildman–Crippen LogP) is 2.94. The summed E-state index contributed by atoms with van der Waals surface area (Å²) in [5.41, 5.74) is 0.580. The first-order chi connectivity index (χ1) is 8.20. The number of Topliss-reactive ketones (excluding diaryl/α,β-unsaturated/α-hetero) is 1. The smallest absolute Gasteiger partial charge is 0.413 e. The molecule has 5 heteroatoms. The Morgan fingerprint density at radius 1 is 1.33 bits per heavy atom. The summed E-state index contributed by atoms with van der Waals surface area (Å²) < 4.78 is 5.11. The zero-order valence-electron chi connectivity index (χ0n) is 11.3. The average Bonchev–Trinajstić information content (AvgIpc) is 2.13. The number of hydrogen-bond acceptors (Lipinski definition) is 4. The third-order valence-electron chi connectivity index (χ3n) is 2.13. The molecule has 0 aromatic carbocycles. The van der Waals surface area contributed by atoms with Crippen molar-refractivity contribution < 1.29 is 14.3 Å². The van der Waals surface area contributed by atoms with E-state index in [1.165, 1.54) is 13.1 Å². The minimum atomic E-state index is -0.622. The quantitative estimate of drug-likeness (QED) is 0.819. The Bertz CT molecular complexity index is 476. The van der Waals surface area contributed by atoms with Gasteiger partial charge in [0.25, 0.3) is 0 Å². The van der Waals surface area contributed by atoms with E-state index in [2.05, 4.69) is 10.3 Å². The lowest BCUT2D eigenvalue weighted by atomic mass is 10.1. The Kier molecular flexibility index (Phi) is 4.06. The number of ketones is 1. The predicted molar refractivity (Wildman–Crippen MR) is 68.8 cm³/mol. The van der Waals surface area contributed by atoms with Crippen molar-refractivity contribution in [2.75, 3.05) is 5.32 Å². The Morgan fingerprint density at radius 2 is 1.94 bits per heavy atom. The lowest BCUT2D eigenvalue weighted by molar-refractivity contribution is 0.0635. The summed E-state index contributed by atoms with van der Waals surface area (Å²) in [6, 6.07) is 1.72. The highest BCUT2D eigenvalue weighted by atomic mass is 16.6. The van der Waals surface area contributed by atoms with Crippen LogP contribution < -0.4 is 5.32 Å². The minimum absolute atomic E-state index is 0.147. The van der Waals surface area contributed by atoms with Gasteiger partial charge in [0.2, 0.25) is 0 Å². The van der Waals surface area contributed by atoms with Crippen LogP contribution in [0.15, 0.2) is 12.3 Å². The molecule has 0 saturated heterocycles. The fraction of sp³-hybridized carbons (Fsp3) is 0.462. The normalized spacial score (nSPS) is 10.9. The molecule has 98 valence electrons. The number of carbonyl (C=O) groups excluding carboxylic acids is 2. The van der Waals surface area contributed by atoms with Crippen LogP contribution in [-0.4, -0.2) is 22.5 Å². The Balaban J connectivity index is 2.95. The SMILES string of the molecule is CC(=O)c1c(C)ccnc1NC(=O)OC(C)(C)C. The number of nitrogens with one attached hydrogen (secondary N) is 1. The van der Waals surface area contributed by atoms with Crippen LogP contribution in [0.2, 0.25) is 0 Å². The molecule has 5 nitrogen and oxygen atoms in total. The highest BCUT2D eigenvalue weighted by Gasteiger charge is 2.19. The number of amides is 1. The fourth-order valence-electron chi connectivity index (χ4n) is 1.50. The van der Waals surface area contributed by atoms with Gasteiger partial charge in [0.1, 0.15) is 11.4 Å². The van der Waals surface area contributed by atoms with Gasteiger partial charge in [0.15, 0.2) is 5.78 Å². The van der Waals surface area contributed by atoms with Crippen LogP contribution in [-0.2, 0) is 4.74 Å². The second kappa shape index (κ2) is 5.16. The summed E-state index contributed by atoms with van der Waals surface area (Å²) in [4.78, 5) is 27.1. The molecule has 0 radical (unpaired) electrons. The van der Waals surface area contributed by atoms with E-state index in [9.17, 15) is 9.59 Å². The molecule has 1 N–H and O–H groups in total. The standard InChI is InChI=1S/C13H18N2O3/c1-8-6-7-14-11(10(8)9(2)16)15-12(17)18-13(3,4)5/h6-7H,1-5H3,(H,14,15,17). The molecule has 1 aromatic rings. The highest BCUT2D eigenvalue weighted by molar-refractivity contribution is 6.02. The number of carbonyl (C=O) groups is 2. The van der Waals surface area contributed by atoms with Crippen molar-refractivity contribution in [2.45, 2.75) is 40.2 Å². The summed E-state index contributed by atoms with van der Waals surface area (Å²) in [5, 5.41) is 2.50. The largest absolute Gasteiger partial charge is 0.444 e. The molecule has 0 aliphatic heterocycles. The van der Waals surface area contributed by atoms with Crippen molar-refractivity contribution in [2.24, 2.45) is 0 Å². The minimum Gasteiger partial charge on any atom is -0.444 e. The number of pyridine rings is 1. The van der Waals surface area contributed by atoms with Crippen molar-refractivity contribution in [3.63, 3.8) is 0 Å². The molecule has 0 aliphatic rings. The van der Waals surface area contributed by atoms with Crippen LogP contribution in [0.1, 0.15) is 43.6 Å². The third kappa shape index (κ3) is 3.84. The molecule has 0 atom stereocenters. The van der Waals surface area contributed by atoms with Gasteiger partial charge in [-0.05, 0) is 46.2 Å². The molecule has 0 spiro atoms. The maximum atomic E-state index is 11.6. The van der Waals surface area contributed by atoms with E-state index in [1.807, 2.05) is 0 Å². The van der Waals surface area contributed by atoms with Gasteiger partial charge in [-0.3, -0.25) is 10.1 Å². The number of hydrogen-bond donors (Lipinski definition) is 1. The first-order valence-electron chi connectivity index (χ1n) is 5.67. The van der Waals surface area contributed by atoms with Crippen molar-refractivity contribution in [3.8, 4) is 0 Å². The molecule has 1 rings (SSSR count). The zero-order valence-corrected chi connectivity index (χ0v) is 11.3. The monoisotopic (exact) mass is 250 g/mol. The first kappa shape index (κ1) is 14.2. The maximum Gasteiger partial charge on any atom is 0.413 e. The molecular weight excluding hydrogens is 232 g/mol. The van der Waals surface area contributed by atoms with Crippen LogP contribution in [0, 0.1) is 6.92 Å². The topological polar surface area (TPSA) is 68.3 Å². The number of rotatable bonds is 2. The summed E-state index contributed by atoms with van der Waals surface area (Å²) >= 11 is 0. The van der Waals surface area contributed by atoms with Crippen LogP contribution in [0.3, 0.4) is 0 Å². The van der Waals surface area contributed by atoms with Crippen molar-refractivity contribution in [3.05, 3.63) is 23.4 Å². The molecule has 0 bridgehead atoms. The van der Waals surface area contributed by atoms with E-state index < -0.39 is 11.7 Å². The molecular formula is C13H18N2O3. The molecule has 1 heterocycles. The van der Waals surface area contributed by atoms with Crippen LogP contribution in [0.4, 0.5) is 10.6 Å². The summed E-state index contributed by atoms with van der Waals surface area (Å²) in [6.45, 7) is 8.52. The molecule has 18 heavy (non-hydrogen) atoms. The molecule has 1 amide bonds. The zero-order chi connectivity index (χ0) is 13.9. The molecule has 0 fully saturated rings. The van der Waals surface area contributed by atoms with Gasteiger partial charge >= 0.3 is 6.09 Å². The second-order valence-electron chi connectivity index (χ2n) is 5.03. The van der Waals surface area contributed by atoms with Gasteiger partial charge in [-0.2, -0.15) is 0 Å². The summed E-state index contributed by atoms with van der Waals surface area (Å²) in [6.07, 6.45) is 0.914. The second-order valence-corrected chi connectivity index (χ2v) is 5.03. The summed E-state index contributed by atoms with van der Waals surface area (Å²) in [5.74, 6) is 0.0865. The Hall–Kier alpha value is -1.91. The van der Waals surface area contributed by atoms with Gasteiger partial charge in [-0.15, -0.1) is 0 Å². The number of ether oxygens (including phenoxy) is 1. The van der Waals surface area contributed by atoms with Gasteiger partial charge < -0.3 is 4.74 Å². The molecule has 0 unspecified atom stereocenters. The summed E-state index contributed by atoms with van der Waals surface area (Å²) in [7, 11) is 0. The van der Waals surface area contributed by atoms with E-state index in [0.717, 1.165) is 5.56 Å². The van der Waals surface area contributed by atoms with Crippen molar-refractivity contribution in [1.82, 2.24) is 4.98 Å². The number of nitrogens with zero attached hydrogens (tertiary/aromatic N) is 1. The van der Waals surface area contributed by atoms with E-state index in [0.29, 0.717) is 5.56 Å². The molecule has 1 aromatic heterocycles. The van der Waals surface area contributed by atoms with Crippen molar-refractivity contribution in [1.29, 1.82) is 0 Å². The van der Waals surface area contributed by atoms with E-state index in [1.54, 1.807) is 33.8 Å². The number of aromatic nitrogens is 1. The van der Waals surface area contributed by atoms with Gasteiger partial charge in [0, 0.05) is 6.20 Å². The molecule has 0 aliphatic carbocycles. The van der Waals surface area contributed by atoms with Crippen LogP contribution >= 0.6 is 0 Å². The number of aryl methyl sites for hydroxylation is 1. The van der Waals surface area contributed by atoms with Crippen LogP contribution in [0.5, 0.6) is 0 Å². The average molecular weight is 250 g/mol. The Morgan fingerprint density at radius 3 is 2.44 bits per heavy atom. The van der Waals surface area contributed by atoms with Gasteiger partial charge in [-0.25, -0.2) is 9.78 Å². The van der Waals surface area contributed by atoms with Crippen molar-refractivity contribution >= 4 is 17.7 Å². The van der Waals surface area contributed by atoms with Crippen LogP contribution in [0.25, 0.3) is 0 Å². The lowest BCUT2D eigenvalue weighted by Gasteiger charge is -2.20. The van der Waals surface area contributed by atoms with Gasteiger partial charge in [0.05, 0.1) is 5.56 Å². The number of anilines is 1. The molecule has 0 saturated carbocycles.